The number of nitrogens with two attached hydrogens (primary N) is 1. The average molecular weight is 422 g/mol. The molecule has 2 aromatic rings. The quantitative estimate of drug-likeness (QED) is 0.547. The van der Waals surface area contributed by atoms with E-state index in [1.54, 1.807) is 20.0 Å². The fourth-order valence-electron chi connectivity index (χ4n) is 3.47. The highest BCUT2D eigenvalue weighted by Crippen LogP contribution is 2.33. The molecule has 2 atom stereocenters. The van der Waals surface area contributed by atoms with Crippen LogP contribution in [0.3, 0.4) is 0 Å². The van der Waals surface area contributed by atoms with E-state index in [1.165, 1.54) is 29.1 Å². The number of nitrogens with zero attached hydrogens (tertiary/aromatic N) is 2. The van der Waals surface area contributed by atoms with Crippen LogP contribution in [0.2, 0.25) is 0 Å². The second kappa shape index (κ2) is 8.31. The second-order valence-electron chi connectivity index (χ2n) is 6.94. The molecule has 0 spiro atoms. The Bertz CT molecular complexity index is 997. The van der Waals surface area contributed by atoms with Crippen LogP contribution in [0.4, 0.5) is 13.2 Å². The van der Waals surface area contributed by atoms with Gasteiger partial charge in [0.2, 0.25) is 0 Å². The molecule has 0 bridgehead atoms. The number of hydrogen-bond acceptors (Lipinski definition) is 5. The van der Waals surface area contributed by atoms with E-state index in [-0.39, 0.29) is 24.1 Å². The van der Waals surface area contributed by atoms with Crippen molar-refractivity contribution < 1.29 is 27.5 Å². The zero-order valence-corrected chi connectivity index (χ0v) is 16.4. The second-order valence-corrected chi connectivity index (χ2v) is 6.94. The number of carbonyl (C=O) groups excluding carboxylic acids is 2. The number of nitrogens with one attached hydrogen (secondary N) is 1. The predicted molar refractivity (Wildman–Crippen MR) is 102 cm³/mol. The number of aryl methyl sites for hydroxylation is 1. The number of ether oxygens (including phenoxy) is 1. The molecule has 0 saturated heterocycles. The van der Waals surface area contributed by atoms with E-state index < -0.39 is 35.8 Å². The van der Waals surface area contributed by atoms with Crippen LogP contribution >= 0.6 is 0 Å². The molecular weight excluding hydrogens is 401 g/mol. The summed E-state index contributed by atoms with van der Waals surface area (Å²) in [5.74, 6) is -1.55. The van der Waals surface area contributed by atoms with E-state index in [0.29, 0.717) is 11.3 Å². The maximum absolute atomic E-state index is 13.3. The summed E-state index contributed by atoms with van der Waals surface area (Å²) in [7, 11) is 1.66. The highest BCUT2D eigenvalue weighted by Gasteiger charge is 2.38. The Hall–Kier alpha value is -3.14. The number of hydrogen-bond donors (Lipinski definition) is 2. The molecule has 2 heterocycles. The van der Waals surface area contributed by atoms with Gasteiger partial charge in [0.15, 0.2) is 0 Å². The van der Waals surface area contributed by atoms with Crippen molar-refractivity contribution in [3.8, 4) is 0 Å². The maximum Gasteiger partial charge on any atom is 0.416 e. The Morgan fingerprint density at radius 1 is 1.33 bits per heavy atom. The molecular formula is C20H21F3N4O3. The van der Waals surface area contributed by atoms with Crippen molar-refractivity contribution in [2.24, 2.45) is 12.8 Å². The molecule has 3 N–H and O–H groups in total. The number of benzene rings is 1. The van der Waals surface area contributed by atoms with Crippen LogP contribution in [0.5, 0.6) is 0 Å². The Morgan fingerprint density at radius 3 is 2.63 bits per heavy atom. The topological polar surface area (TPSA) is 99.2 Å². The molecule has 1 aliphatic heterocycles. The van der Waals surface area contributed by atoms with Gasteiger partial charge in [0.05, 0.1) is 11.3 Å². The van der Waals surface area contributed by atoms with E-state index in [1.807, 2.05) is 0 Å². The number of halogens is 3. The number of alkyl halides is 3. The SMILES string of the molecule is CC1OC(=O)C(C(=O)N[C@H](CN)Cc2ccccc2C(F)(F)F)=C1c1ccnn1C. The van der Waals surface area contributed by atoms with Gasteiger partial charge in [-0.15, -0.1) is 0 Å². The van der Waals surface area contributed by atoms with Gasteiger partial charge in [0, 0.05) is 31.4 Å². The third kappa shape index (κ3) is 4.23. The fraction of sp³-hybridized carbons (Fsp3) is 0.350. The number of aromatic nitrogens is 2. The number of esters is 1. The molecule has 1 aliphatic rings. The van der Waals surface area contributed by atoms with Crippen molar-refractivity contribution in [3.05, 3.63) is 58.9 Å². The first-order valence-electron chi connectivity index (χ1n) is 9.23. The third-order valence-electron chi connectivity index (χ3n) is 4.90. The molecule has 160 valence electrons. The Kier molecular flexibility index (Phi) is 5.97. The molecule has 0 saturated carbocycles. The van der Waals surface area contributed by atoms with E-state index in [0.717, 1.165) is 6.07 Å². The summed E-state index contributed by atoms with van der Waals surface area (Å²) >= 11 is 0. The molecule has 30 heavy (non-hydrogen) atoms. The summed E-state index contributed by atoms with van der Waals surface area (Å²) < 4.78 is 46.5. The van der Waals surface area contributed by atoms with Crippen molar-refractivity contribution in [1.29, 1.82) is 0 Å². The highest BCUT2D eigenvalue weighted by molar-refractivity contribution is 6.24. The molecule has 0 radical (unpaired) electrons. The minimum atomic E-state index is -4.53. The molecule has 3 rings (SSSR count). The van der Waals surface area contributed by atoms with Crippen molar-refractivity contribution in [2.75, 3.05) is 6.54 Å². The van der Waals surface area contributed by atoms with Crippen LogP contribution in [-0.4, -0.2) is 40.3 Å². The molecule has 1 amide bonds. The fourth-order valence-corrected chi connectivity index (χ4v) is 3.47. The third-order valence-corrected chi connectivity index (χ3v) is 4.90. The van der Waals surface area contributed by atoms with Crippen LogP contribution in [-0.2, 0) is 34.0 Å². The largest absolute Gasteiger partial charge is 0.454 e. The lowest BCUT2D eigenvalue weighted by molar-refractivity contribution is -0.140. The van der Waals surface area contributed by atoms with Gasteiger partial charge < -0.3 is 15.8 Å². The van der Waals surface area contributed by atoms with Crippen LogP contribution < -0.4 is 11.1 Å². The minimum Gasteiger partial charge on any atom is -0.454 e. The van der Waals surface area contributed by atoms with Gasteiger partial charge in [-0.3, -0.25) is 9.48 Å². The Labute approximate surface area is 170 Å². The van der Waals surface area contributed by atoms with Gasteiger partial charge in [0.1, 0.15) is 11.7 Å². The van der Waals surface area contributed by atoms with Crippen molar-refractivity contribution >= 4 is 17.4 Å². The monoisotopic (exact) mass is 422 g/mol. The summed E-state index contributed by atoms with van der Waals surface area (Å²) in [6.45, 7) is 1.51. The van der Waals surface area contributed by atoms with E-state index in [9.17, 15) is 22.8 Å². The lowest BCUT2D eigenvalue weighted by Crippen LogP contribution is -2.43. The van der Waals surface area contributed by atoms with Gasteiger partial charge in [-0.1, -0.05) is 18.2 Å². The molecule has 1 unspecified atom stereocenters. The van der Waals surface area contributed by atoms with Crippen molar-refractivity contribution in [2.45, 2.75) is 31.7 Å². The average Bonchev–Trinajstić information content (AvgIpc) is 3.22. The number of cyclic esters (lactones) is 1. The summed E-state index contributed by atoms with van der Waals surface area (Å²) in [5.41, 5.74) is 5.61. The lowest BCUT2D eigenvalue weighted by atomic mass is 9.98. The van der Waals surface area contributed by atoms with Crippen LogP contribution in [0.25, 0.3) is 5.57 Å². The maximum atomic E-state index is 13.3. The summed E-state index contributed by atoms with van der Waals surface area (Å²) in [5, 5.41) is 6.62. The van der Waals surface area contributed by atoms with Gasteiger partial charge >= 0.3 is 12.1 Å². The molecule has 7 nitrogen and oxygen atoms in total. The Balaban J connectivity index is 1.88. The number of rotatable bonds is 6. The lowest BCUT2D eigenvalue weighted by Gasteiger charge is -2.20. The van der Waals surface area contributed by atoms with Crippen LogP contribution in [0, 0.1) is 0 Å². The van der Waals surface area contributed by atoms with Crippen LogP contribution in [0.1, 0.15) is 23.7 Å². The smallest absolute Gasteiger partial charge is 0.416 e. The van der Waals surface area contributed by atoms with Gasteiger partial charge in [0.25, 0.3) is 5.91 Å². The molecule has 0 fully saturated rings. The zero-order valence-electron chi connectivity index (χ0n) is 16.4. The van der Waals surface area contributed by atoms with E-state index in [2.05, 4.69) is 10.4 Å². The van der Waals surface area contributed by atoms with Crippen LogP contribution in [0.15, 0.2) is 42.1 Å². The normalized spacial score (nSPS) is 17.8. The minimum absolute atomic E-state index is 0.00366. The summed E-state index contributed by atoms with van der Waals surface area (Å²) in [6.07, 6.45) is -3.82. The molecule has 10 heteroatoms. The first-order chi connectivity index (χ1) is 14.1. The molecule has 1 aromatic heterocycles. The summed E-state index contributed by atoms with van der Waals surface area (Å²) in [4.78, 5) is 25.2. The van der Waals surface area contributed by atoms with Crippen molar-refractivity contribution in [3.63, 3.8) is 0 Å². The van der Waals surface area contributed by atoms with E-state index >= 15 is 0 Å². The first kappa shape index (κ1) is 21.6. The standard InChI is InChI=1S/C20H21F3N4O3/c1-11-16(15-7-8-25-27(15)2)17(19(29)30-11)18(28)26-13(10-24)9-12-5-3-4-6-14(12)20(21,22)23/h3-8,11,13H,9-10,24H2,1-2H3,(H,26,28)/t11?,13-/m0/s1. The Morgan fingerprint density at radius 2 is 2.03 bits per heavy atom. The molecule has 1 aromatic carbocycles. The number of amides is 1. The number of carbonyl (C=O) groups is 2. The van der Waals surface area contributed by atoms with E-state index in [4.69, 9.17) is 10.5 Å². The first-order valence-corrected chi connectivity index (χ1v) is 9.23. The van der Waals surface area contributed by atoms with Gasteiger partial charge in [-0.2, -0.15) is 18.3 Å². The van der Waals surface area contributed by atoms with Gasteiger partial charge in [-0.05, 0) is 31.0 Å². The zero-order chi connectivity index (χ0) is 22.1. The summed E-state index contributed by atoms with van der Waals surface area (Å²) in [6, 6.07) is 5.92. The highest BCUT2D eigenvalue weighted by atomic mass is 19.4. The van der Waals surface area contributed by atoms with Crippen molar-refractivity contribution in [1.82, 2.24) is 15.1 Å². The molecule has 0 aliphatic carbocycles. The predicted octanol–water partition coefficient (Wildman–Crippen LogP) is 1.82. The van der Waals surface area contributed by atoms with Gasteiger partial charge in [-0.25, -0.2) is 4.79 Å².